The molecule has 1 aliphatic rings. The monoisotopic (exact) mass is 286 g/mol. The van der Waals surface area contributed by atoms with Gasteiger partial charge in [-0.3, -0.25) is 0 Å². The molecule has 1 atom stereocenters. The lowest BCUT2D eigenvalue weighted by molar-refractivity contribution is 0.299. The van der Waals surface area contributed by atoms with E-state index in [2.05, 4.69) is 5.32 Å². The molecule has 1 fully saturated rings. The van der Waals surface area contributed by atoms with Gasteiger partial charge in [-0.1, -0.05) is 12.1 Å². The number of nitrogens with two attached hydrogens (primary N) is 1. The van der Waals surface area contributed by atoms with E-state index >= 15 is 0 Å². The van der Waals surface area contributed by atoms with Crippen molar-refractivity contribution in [3.8, 4) is 11.5 Å². The fourth-order valence-electron chi connectivity index (χ4n) is 2.54. The molecule has 1 aromatic carbocycles. The van der Waals surface area contributed by atoms with Gasteiger partial charge < -0.3 is 20.9 Å². The van der Waals surface area contributed by atoms with E-state index in [1.54, 1.807) is 6.07 Å². The lowest BCUT2D eigenvalue weighted by Crippen LogP contribution is -2.33. The second-order valence-electron chi connectivity index (χ2n) is 4.74. The highest BCUT2D eigenvalue weighted by atomic mass is 35.5. The fraction of sp³-hybridized carbons (Fsp3) is 0.571. The summed E-state index contributed by atoms with van der Waals surface area (Å²) in [4.78, 5) is 0. The molecule has 108 valence electrons. The minimum Gasteiger partial charge on any atom is -0.504 e. The van der Waals surface area contributed by atoms with Crippen LogP contribution in [0.2, 0.25) is 0 Å². The molecule has 0 amide bonds. The highest BCUT2D eigenvalue weighted by Gasteiger charge is 2.24. The number of hydrogen-bond acceptors (Lipinski definition) is 4. The van der Waals surface area contributed by atoms with Crippen LogP contribution in [-0.4, -0.2) is 24.8 Å². The molecule has 0 radical (unpaired) electrons. The first kappa shape index (κ1) is 16.1. The number of nitrogens with one attached hydrogen (secondary N) is 1. The number of ether oxygens (including phenoxy) is 1. The van der Waals surface area contributed by atoms with E-state index in [4.69, 9.17) is 10.5 Å². The van der Waals surface area contributed by atoms with Gasteiger partial charge in [-0.2, -0.15) is 0 Å². The van der Waals surface area contributed by atoms with Gasteiger partial charge in [0.25, 0.3) is 0 Å². The third-order valence-corrected chi connectivity index (χ3v) is 3.58. The topological polar surface area (TPSA) is 67.5 Å². The minimum absolute atomic E-state index is 0. The van der Waals surface area contributed by atoms with Gasteiger partial charge in [0.05, 0.1) is 6.61 Å². The molecule has 4 N–H and O–H groups in total. The quantitative estimate of drug-likeness (QED) is 0.794. The third kappa shape index (κ3) is 3.75. The zero-order valence-corrected chi connectivity index (χ0v) is 12.1. The summed E-state index contributed by atoms with van der Waals surface area (Å²) in [6, 6.07) is 5.44. The van der Waals surface area contributed by atoms with Crippen LogP contribution in [0.5, 0.6) is 11.5 Å². The average Bonchev–Trinajstić information content (AvgIpc) is 2.42. The van der Waals surface area contributed by atoms with Gasteiger partial charge in [0.15, 0.2) is 11.5 Å². The van der Waals surface area contributed by atoms with Crippen molar-refractivity contribution >= 4 is 12.4 Å². The number of phenolic OH excluding ortho intramolecular Hbond substituents is 1. The van der Waals surface area contributed by atoms with E-state index in [1.807, 2.05) is 19.1 Å². The predicted molar refractivity (Wildman–Crippen MR) is 79.0 cm³/mol. The van der Waals surface area contributed by atoms with Crippen molar-refractivity contribution in [3.05, 3.63) is 23.8 Å². The zero-order valence-electron chi connectivity index (χ0n) is 11.3. The van der Waals surface area contributed by atoms with Crippen LogP contribution in [0.1, 0.15) is 31.4 Å². The number of piperidine rings is 1. The van der Waals surface area contributed by atoms with Crippen LogP contribution < -0.4 is 15.8 Å². The Morgan fingerprint density at radius 1 is 1.42 bits per heavy atom. The van der Waals surface area contributed by atoms with E-state index < -0.39 is 0 Å². The van der Waals surface area contributed by atoms with Crippen molar-refractivity contribution in [2.75, 3.05) is 19.7 Å². The van der Waals surface area contributed by atoms with Gasteiger partial charge >= 0.3 is 0 Å². The Morgan fingerprint density at radius 2 is 2.11 bits per heavy atom. The van der Waals surface area contributed by atoms with Crippen LogP contribution in [0, 0.1) is 5.92 Å². The molecule has 0 aromatic heterocycles. The number of halogens is 1. The Labute approximate surface area is 120 Å². The van der Waals surface area contributed by atoms with Crippen LogP contribution in [0.15, 0.2) is 18.2 Å². The molecule has 4 nitrogen and oxygen atoms in total. The Balaban J connectivity index is 0.00000180. The first-order valence-electron chi connectivity index (χ1n) is 6.65. The van der Waals surface area contributed by atoms with Gasteiger partial charge in [0, 0.05) is 11.6 Å². The van der Waals surface area contributed by atoms with E-state index in [0.29, 0.717) is 18.3 Å². The largest absolute Gasteiger partial charge is 0.504 e. The molecule has 0 saturated carbocycles. The van der Waals surface area contributed by atoms with Crippen molar-refractivity contribution < 1.29 is 9.84 Å². The molecule has 0 unspecified atom stereocenters. The predicted octanol–water partition coefficient (Wildman–Crippen LogP) is 2.21. The van der Waals surface area contributed by atoms with E-state index in [0.717, 1.165) is 31.5 Å². The Hall–Kier alpha value is -0.970. The number of phenols is 1. The number of para-hydroxylation sites is 1. The number of aromatic hydroxyl groups is 1. The smallest absolute Gasteiger partial charge is 0.162 e. The van der Waals surface area contributed by atoms with Gasteiger partial charge in [-0.25, -0.2) is 0 Å². The first-order chi connectivity index (χ1) is 8.74. The Bertz CT molecular complexity index is 395. The standard InChI is InChI=1S/C14H22N2O2.ClH/c1-2-18-12-5-3-4-11(14(12)17)13(15)10-6-8-16-9-7-10;/h3-5,10,13,16-17H,2,6-9,15H2,1H3;1H/t13-;/m1./s1. The molecule has 1 heterocycles. The summed E-state index contributed by atoms with van der Waals surface area (Å²) in [5, 5.41) is 13.5. The van der Waals surface area contributed by atoms with Gasteiger partial charge in [-0.05, 0) is 44.8 Å². The number of hydrogen-bond donors (Lipinski definition) is 3. The molecule has 19 heavy (non-hydrogen) atoms. The summed E-state index contributed by atoms with van der Waals surface area (Å²) in [6.07, 6.45) is 2.11. The van der Waals surface area contributed by atoms with Gasteiger partial charge in [0.1, 0.15) is 0 Å². The maximum Gasteiger partial charge on any atom is 0.162 e. The van der Waals surface area contributed by atoms with Crippen LogP contribution in [-0.2, 0) is 0 Å². The van der Waals surface area contributed by atoms with Crippen LogP contribution >= 0.6 is 12.4 Å². The van der Waals surface area contributed by atoms with E-state index in [1.165, 1.54) is 0 Å². The van der Waals surface area contributed by atoms with Gasteiger partial charge in [-0.15, -0.1) is 12.4 Å². The Kier molecular flexibility index (Phi) is 6.42. The van der Waals surface area contributed by atoms with Crippen molar-refractivity contribution in [1.82, 2.24) is 5.32 Å². The maximum atomic E-state index is 10.2. The highest BCUT2D eigenvalue weighted by Crippen LogP contribution is 2.37. The summed E-state index contributed by atoms with van der Waals surface area (Å²) < 4.78 is 5.40. The minimum atomic E-state index is -0.118. The third-order valence-electron chi connectivity index (χ3n) is 3.58. The first-order valence-corrected chi connectivity index (χ1v) is 6.65. The summed E-state index contributed by atoms with van der Waals surface area (Å²) in [5.41, 5.74) is 7.09. The van der Waals surface area contributed by atoms with E-state index in [-0.39, 0.29) is 24.2 Å². The normalized spacial score (nSPS) is 17.6. The molecule has 1 saturated heterocycles. The summed E-state index contributed by atoms with van der Waals surface area (Å²) in [7, 11) is 0. The fourth-order valence-corrected chi connectivity index (χ4v) is 2.54. The molecule has 2 rings (SSSR count). The lowest BCUT2D eigenvalue weighted by atomic mass is 9.86. The maximum absolute atomic E-state index is 10.2. The van der Waals surface area contributed by atoms with Crippen molar-refractivity contribution in [2.24, 2.45) is 11.7 Å². The SMILES string of the molecule is CCOc1cccc([C@H](N)C2CCNCC2)c1O.Cl. The average molecular weight is 287 g/mol. The molecule has 1 aromatic rings. The molecule has 0 bridgehead atoms. The van der Waals surface area contributed by atoms with Crippen molar-refractivity contribution in [1.29, 1.82) is 0 Å². The zero-order chi connectivity index (χ0) is 13.0. The highest BCUT2D eigenvalue weighted by molar-refractivity contribution is 5.85. The van der Waals surface area contributed by atoms with Crippen molar-refractivity contribution in [3.63, 3.8) is 0 Å². The molecule has 0 spiro atoms. The van der Waals surface area contributed by atoms with Crippen LogP contribution in [0.4, 0.5) is 0 Å². The molecule has 0 aliphatic carbocycles. The number of benzene rings is 1. The molecule has 5 heteroatoms. The van der Waals surface area contributed by atoms with E-state index in [9.17, 15) is 5.11 Å². The van der Waals surface area contributed by atoms with Crippen LogP contribution in [0.25, 0.3) is 0 Å². The Morgan fingerprint density at radius 3 is 2.74 bits per heavy atom. The lowest BCUT2D eigenvalue weighted by Gasteiger charge is -2.29. The van der Waals surface area contributed by atoms with Crippen molar-refractivity contribution in [2.45, 2.75) is 25.8 Å². The molecule has 1 aliphatic heterocycles. The van der Waals surface area contributed by atoms with Crippen LogP contribution in [0.3, 0.4) is 0 Å². The van der Waals surface area contributed by atoms with Gasteiger partial charge in [0.2, 0.25) is 0 Å². The molecular weight excluding hydrogens is 264 g/mol. The summed E-state index contributed by atoms with van der Waals surface area (Å²) in [6.45, 7) is 4.45. The summed E-state index contributed by atoms with van der Waals surface area (Å²) >= 11 is 0. The number of rotatable bonds is 4. The second-order valence-corrected chi connectivity index (χ2v) is 4.74. The second kappa shape index (κ2) is 7.58. The molecular formula is C14H23ClN2O2. The summed E-state index contributed by atoms with van der Waals surface area (Å²) in [5.74, 6) is 1.15.